The predicted molar refractivity (Wildman–Crippen MR) is 113 cm³/mol. The average Bonchev–Trinajstić information content (AvgIpc) is 2.72. The highest BCUT2D eigenvalue weighted by Crippen LogP contribution is 2.21. The van der Waals surface area contributed by atoms with Gasteiger partial charge in [0.25, 0.3) is 5.56 Å². The van der Waals surface area contributed by atoms with Crippen molar-refractivity contribution < 1.29 is 22.3 Å². The lowest BCUT2D eigenvalue weighted by Crippen LogP contribution is -2.31. The summed E-state index contributed by atoms with van der Waals surface area (Å²) >= 11 is 5.92. The monoisotopic (exact) mass is 467 g/mol. The molecule has 0 aliphatic heterocycles. The van der Waals surface area contributed by atoms with Crippen molar-refractivity contribution in [2.75, 3.05) is 13.1 Å². The molecule has 31 heavy (non-hydrogen) atoms. The second-order valence-corrected chi connectivity index (χ2v) is 8.83. The number of hydrogen-bond donors (Lipinski definition) is 1. The molecular weight excluding hydrogens is 449 g/mol. The third-order valence-electron chi connectivity index (χ3n) is 4.55. The summed E-state index contributed by atoms with van der Waals surface area (Å²) in [6.07, 6.45) is 0. The van der Waals surface area contributed by atoms with Crippen molar-refractivity contribution in [3.05, 3.63) is 69.0 Å². The summed E-state index contributed by atoms with van der Waals surface area (Å²) in [5, 5.41) is 0.714. The number of H-pyrrole nitrogens is 1. The van der Waals surface area contributed by atoms with Gasteiger partial charge in [-0.2, -0.15) is 4.31 Å². The van der Waals surface area contributed by atoms with E-state index in [9.17, 15) is 22.4 Å². The lowest BCUT2D eigenvalue weighted by atomic mass is 10.2. The molecule has 2 aromatic carbocycles. The van der Waals surface area contributed by atoms with Crippen molar-refractivity contribution in [2.45, 2.75) is 25.3 Å². The van der Waals surface area contributed by atoms with E-state index in [1.165, 1.54) is 12.1 Å². The number of aromatic nitrogens is 2. The molecule has 0 aliphatic carbocycles. The number of sulfonamides is 1. The Morgan fingerprint density at radius 2 is 1.90 bits per heavy atom. The summed E-state index contributed by atoms with van der Waals surface area (Å²) < 4.78 is 45.7. The number of halogens is 2. The third-order valence-corrected chi connectivity index (χ3v) is 6.85. The number of rotatable bonds is 7. The van der Waals surface area contributed by atoms with Gasteiger partial charge in [0.05, 0.1) is 16.5 Å². The lowest BCUT2D eigenvalue weighted by Gasteiger charge is -2.19. The van der Waals surface area contributed by atoms with Gasteiger partial charge in [0.1, 0.15) is 23.1 Å². The van der Waals surface area contributed by atoms with Gasteiger partial charge in [0, 0.05) is 18.1 Å². The number of carbonyl (C=O) groups excluding carboxylic acids is 1. The minimum atomic E-state index is -4.11. The first-order valence-corrected chi connectivity index (χ1v) is 11.1. The van der Waals surface area contributed by atoms with Gasteiger partial charge in [-0.25, -0.2) is 22.6 Å². The van der Waals surface area contributed by atoms with Gasteiger partial charge in [-0.15, -0.1) is 0 Å². The Labute approximate surface area is 182 Å². The van der Waals surface area contributed by atoms with Crippen molar-refractivity contribution in [3.63, 3.8) is 0 Å². The molecule has 0 radical (unpaired) electrons. The maximum absolute atomic E-state index is 14.2. The standard InChI is InChI=1S/C20H19ClFN3O5S/c1-3-25(4-2)31(28,29)17-9-12(5-8-15(17)22)20(27)30-11-18-23-16-10-13(21)6-7-14(16)19(26)24-18/h5-10H,3-4,11H2,1-2H3,(H,23,24,26). The van der Waals surface area contributed by atoms with Crippen molar-refractivity contribution in [3.8, 4) is 0 Å². The second kappa shape index (κ2) is 9.13. The Morgan fingerprint density at radius 3 is 2.58 bits per heavy atom. The summed E-state index contributed by atoms with van der Waals surface area (Å²) in [7, 11) is -4.11. The molecule has 0 unspecified atom stereocenters. The number of aromatic amines is 1. The molecule has 0 fully saturated rings. The number of ether oxygens (including phenoxy) is 1. The molecule has 0 aliphatic rings. The molecule has 3 rings (SSSR count). The Bertz CT molecular complexity index is 1310. The minimum Gasteiger partial charge on any atom is -0.454 e. The van der Waals surface area contributed by atoms with E-state index < -0.39 is 32.3 Å². The fourth-order valence-electron chi connectivity index (χ4n) is 2.98. The molecular formula is C20H19ClFN3O5S. The van der Waals surface area contributed by atoms with Crippen LogP contribution in [-0.2, 0) is 21.4 Å². The third kappa shape index (κ3) is 4.76. The van der Waals surface area contributed by atoms with Gasteiger partial charge >= 0.3 is 5.97 Å². The van der Waals surface area contributed by atoms with Crippen LogP contribution in [0.5, 0.6) is 0 Å². The molecule has 0 bridgehead atoms. The molecule has 8 nitrogen and oxygen atoms in total. The molecule has 1 heterocycles. The molecule has 0 amide bonds. The number of hydrogen-bond acceptors (Lipinski definition) is 6. The Morgan fingerprint density at radius 1 is 1.19 bits per heavy atom. The maximum atomic E-state index is 14.2. The van der Waals surface area contributed by atoms with Crippen LogP contribution in [0.4, 0.5) is 4.39 Å². The van der Waals surface area contributed by atoms with Crippen molar-refractivity contribution in [1.82, 2.24) is 14.3 Å². The molecule has 0 saturated heterocycles. The summed E-state index contributed by atoms with van der Waals surface area (Å²) in [4.78, 5) is 30.7. The molecule has 164 valence electrons. The second-order valence-electron chi connectivity index (χ2n) is 6.48. The smallest absolute Gasteiger partial charge is 0.338 e. The van der Waals surface area contributed by atoms with E-state index in [1.54, 1.807) is 19.9 Å². The van der Waals surface area contributed by atoms with Gasteiger partial charge in [-0.1, -0.05) is 25.4 Å². The van der Waals surface area contributed by atoms with E-state index in [2.05, 4.69) is 9.97 Å². The first-order valence-electron chi connectivity index (χ1n) is 9.32. The van der Waals surface area contributed by atoms with Gasteiger partial charge in [0.15, 0.2) is 0 Å². The average molecular weight is 468 g/mol. The normalized spacial score (nSPS) is 11.8. The van der Waals surface area contributed by atoms with Crippen LogP contribution >= 0.6 is 11.6 Å². The number of carbonyl (C=O) groups is 1. The molecule has 1 N–H and O–H groups in total. The number of fused-ring (bicyclic) bond motifs is 1. The van der Waals surface area contributed by atoms with Crippen LogP contribution in [-0.4, -0.2) is 41.7 Å². The zero-order valence-electron chi connectivity index (χ0n) is 16.7. The fourth-order valence-corrected chi connectivity index (χ4v) is 4.69. The molecule has 11 heteroatoms. The van der Waals surface area contributed by atoms with E-state index in [4.69, 9.17) is 16.3 Å². The fraction of sp³-hybridized carbons (Fsp3) is 0.250. The van der Waals surface area contributed by atoms with Crippen LogP contribution in [0, 0.1) is 5.82 Å². The highest BCUT2D eigenvalue weighted by Gasteiger charge is 2.26. The first kappa shape index (κ1) is 22.9. The van der Waals surface area contributed by atoms with Crippen LogP contribution in [0.25, 0.3) is 10.9 Å². The Kier molecular flexibility index (Phi) is 6.73. The minimum absolute atomic E-state index is 0.0752. The number of nitrogens with zero attached hydrogens (tertiary/aromatic N) is 2. The SMILES string of the molecule is CCN(CC)S(=O)(=O)c1cc(C(=O)OCc2nc3cc(Cl)ccc3c(=O)[nH]2)ccc1F. The number of nitrogens with one attached hydrogen (secondary N) is 1. The van der Waals surface area contributed by atoms with Gasteiger partial charge in [-0.3, -0.25) is 4.79 Å². The topological polar surface area (TPSA) is 109 Å². The summed E-state index contributed by atoms with van der Waals surface area (Å²) in [5.41, 5.74) is -0.253. The molecule has 0 atom stereocenters. The van der Waals surface area contributed by atoms with E-state index in [-0.39, 0.29) is 31.1 Å². The highest BCUT2D eigenvalue weighted by molar-refractivity contribution is 7.89. The van der Waals surface area contributed by atoms with Crippen LogP contribution < -0.4 is 5.56 Å². The quantitative estimate of drug-likeness (QED) is 0.535. The van der Waals surface area contributed by atoms with Gasteiger partial charge < -0.3 is 9.72 Å². The Balaban J connectivity index is 1.85. The van der Waals surface area contributed by atoms with Crippen LogP contribution in [0.1, 0.15) is 30.0 Å². The van der Waals surface area contributed by atoms with E-state index in [0.717, 1.165) is 22.5 Å². The molecule has 1 aromatic heterocycles. The van der Waals surface area contributed by atoms with Crippen LogP contribution in [0.2, 0.25) is 5.02 Å². The molecule has 0 spiro atoms. The zero-order valence-corrected chi connectivity index (χ0v) is 18.3. The summed E-state index contributed by atoms with van der Waals surface area (Å²) in [6, 6.07) is 7.53. The Hall–Kier alpha value is -2.82. The summed E-state index contributed by atoms with van der Waals surface area (Å²) in [5.74, 6) is -1.79. The zero-order chi connectivity index (χ0) is 22.8. The molecule has 3 aromatic rings. The lowest BCUT2D eigenvalue weighted by molar-refractivity contribution is 0.0462. The van der Waals surface area contributed by atoms with E-state index in [0.29, 0.717) is 15.9 Å². The number of benzene rings is 2. The predicted octanol–water partition coefficient (Wildman–Crippen LogP) is 3.10. The van der Waals surface area contributed by atoms with Crippen LogP contribution in [0.15, 0.2) is 46.1 Å². The first-order chi connectivity index (χ1) is 14.7. The van der Waals surface area contributed by atoms with Crippen molar-refractivity contribution >= 4 is 38.5 Å². The van der Waals surface area contributed by atoms with Gasteiger partial charge in [-0.05, 0) is 36.4 Å². The van der Waals surface area contributed by atoms with Crippen LogP contribution in [0.3, 0.4) is 0 Å². The number of esters is 1. The molecule has 0 saturated carbocycles. The largest absolute Gasteiger partial charge is 0.454 e. The maximum Gasteiger partial charge on any atom is 0.338 e. The van der Waals surface area contributed by atoms with Crippen molar-refractivity contribution in [2.24, 2.45) is 0 Å². The summed E-state index contributed by atoms with van der Waals surface area (Å²) in [6.45, 7) is 3.17. The van der Waals surface area contributed by atoms with E-state index >= 15 is 0 Å². The van der Waals surface area contributed by atoms with E-state index in [1.807, 2.05) is 0 Å². The highest BCUT2D eigenvalue weighted by atomic mass is 35.5. The van der Waals surface area contributed by atoms with Crippen molar-refractivity contribution in [1.29, 1.82) is 0 Å². The van der Waals surface area contributed by atoms with Gasteiger partial charge in [0.2, 0.25) is 10.0 Å².